The number of methoxy groups -OCH3 is 1. The molecule has 1 aromatic carbocycles. The lowest BCUT2D eigenvalue weighted by Gasteiger charge is -2.20. The monoisotopic (exact) mass is 343 g/mol. The first-order valence-electron chi connectivity index (χ1n) is 7.69. The predicted molar refractivity (Wildman–Crippen MR) is 91.5 cm³/mol. The molecule has 2 aromatic heterocycles. The smallest absolute Gasteiger partial charge is 0.155 e. The molecule has 6 nitrogen and oxygen atoms in total. The third-order valence-electron chi connectivity index (χ3n) is 4.49. The van der Waals surface area contributed by atoms with Crippen LogP contribution >= 0.6 is 0 Å². The molecule has 0 bridgehead atoms. The number of sulfone groups is 1. The van der Waals surface area contributed by atoms with Gasteiger partial charge in [-0.3, -0.25) is 4.98 Å². The second-order valence-corrected chi connectivity index (χ2v) is 8.11. The van der Waals surface area contributed by atoms with Gasteiger partial charge in [-0.1, -0.05) is 18.2 Å². The largest absolute Gasteiger partial charge is 0.378 e. The summed E-state index contributed by atoms with van der Waals surface area (Å²) in [7, 11) is -1.56. The van der Waals surface area contributed by atoms with Crippen LogP contribution in [0.15, 0.2) is 48.9 Å². The van der Waals surface area contributed by atoms with Gasteiger partial charge in [-0.2, -0.15) is 0 Å². The molecule has 0 saturated carbocycles. The minimum Gasteiger partial charge on any atom is -0.378 e. The van der Waals surface area contributed by atoms with Crippen molar-refractivity contribution in [1.82, 2.24) is 14.5 Å². The number of aromatic nitrogens is 3. The number of imidazole rings is 1. The average molecular weight is 343 g/mol. The van der Waals surface area contributed by atoms with Gasteiger partial charge in [0, 0.05) is 36.7 Å². The minimum atomic E-state index is -3.11. The zero-order chi connectivity index (χ0) is 16.7. The van der Waals surface area contributed by atoms with Gasteiger partial charge in [-0.05, 0) is 12.1 Å². The molecular formula is C17H17N3O3S. The van der Waals surface area contributed by atoms with E-state index in [4.69, 9.17) is 4.74 Å². The molecule has 3 heterocycles. The number of ether oxygens (including phenoxy) is 1. The Morgan fingerprint density at radius 3 is 2.83 bits per heavy atom. The van der Waals surface area contributed by atoms with Gasteiger partial charge in [-0.25, -0.2) is 13.4 Å². The molecule has 0 radical (unpaired) electrons. The fourth-order valence-electron chi connectivity index (χ4n) is 3.37. The van der Waals surface area contributed by atoms with Gasteiger partial charge in [0.2, 0.25) is 0 Å². The molecule has 0 unspecified atom stereocenters. The Morgan fingerprint density at radius 1 is 1.12 bits per heavy atom. The quantitative estimate of drug-likeness (QED) is 0.728. The first kappa shape index (κ1) is 15.3. The Balaban J connectivity index is 1.86. The van der Waals surface area contributed by atoms with E-state index in [0.29, 0.717) is 0 Å². The topological polar surface area (TPSA) is 74.1 Å². The number of fused-ring (bicyclic) bond motifs is 1. The summed E-state index contributed by atoms with van der Waals surface area (Å²) in [6, 6.07) is 9.47. The van der Waals surface area contributed by atoms with Crippen LogP contribution in [-0.4, -0.2) is 47.7 Å². The molecule has 0 aliphatic carbocycles. The summed E-state index contributed by atoms with van der Waals surface area (Å²) in [5, 5.41) is 0.988. The summed E-state index contributed by atoms with van der Waals surface area (Å²) < 4.78 is 31.4. The first-order chi connectivity index (χ1) is 11.6. The van der Waals surface area contributed by atoms with Crippen molar-refractivity contribution in [2.45, 2.75) is 12.1 Å². The Kier molecular flexibility index (Phi) is 3.62. The number of hydrogen-bond acceptors (Lipinski definition) is 5. The highest BCUT2D eigenvalue weighted by molar-refractivity contribution is 7.91. The van der Waals surface area contributed by atoms with Crippen LogP contribution in [0.5, 0.6) is 0 Å². The van der Waals surface area contributed by atoms with E-state index >= 15 is 0 Å². The van der Waals surface area contributed by atoms with E-state index in [1.54, 1.807) is 19.5 Å². The van der Waals surface area contributed by atoms with Crippen molar-refractivity contribution in [3.05, 3.63) is 48.9 Å². The van der Waals surface area contributed by atoms with Gasteiger partial charge in [0.05, 0.1) is 29.2 Å². The van der Waals surface area contributed by atoms with E-state index < -0.39 is 9.84 Å². The van der Waals surface area contributed by atoms with E-state index in [-0.39, 0.29) is 23.7 Å². The van der Waals surface area contributed by atoms with Gasteiger partial charge in [-0.15, -0.1) is 0 Å². The molecule has 2 atom stereocenters. The third kappa shape index (κ3) is 2.50. The Hall–Kier alpha value is -2.25. The van der Waals surface area contributed by atoms with Gasteiger partial charge in [0.1, 0.15) is 5.82 Å². The summed E-state index contributed by atoms with van der Waals surface area (Å²) in [4.78, 5) is 8.86. The predicted octanol–water partition coefficient (Wildman–Crippen LogP) is 2.08. The molecule has 0 spiro atoms. The van der Waals surface area contributed by atoms with Gasteiger partial charge >= 0.3 is 0 Å². The number of rotatable bonds is 3. The summed E-state index contributed by atoms with van der Waals surface area (Å²) in [5.74, 6) is 0.846. The van der Waals surface area contributed by atoms with Crippen molar-refractivity contribution in [1.29, 1.82) is 0 Å². The van der Waals surface area contributed by atoms with E-state index in [9.17, 15) is 8.42 Å². The maximum atomic E-state index is 12.0. The van der Waals surface area contributed by atoms with Crippen LogP contribution in [0, 0.1) is 0 Å². The highest BCUT2D eigenvalue weighted by atomic mass is 32.2. The lowest BCUT2D eigenvalue weighted by Crippen LogP contribution is -2.24. The van der Waals surface area contributed by atoms with Gasteiger partial charge in [0.25, 0.3) is 0 Å². The number of pyridine rings is 1. The van der Waals surface area contributed by atoms with Crippen LogP contribution in [0.3, 0.4) is 0 Å². The molecule has 1 saturated heterocycles. The fourth-order valence-corrected chi connectivity index (χ4v) is 5.26. The molecule has 4 rings (SSSR count). The Labute approximate surface area is 140 Å². The van der Waals surface area contributed by atoms with Crippen molar-refractivity contribution in [3.63, 3.8) is 0 Å². The molecule has 0 N–H and O–H groups in total. The SMILES string of the molecule is CO[C@@H]1CS(=O)(=O)C[C@H]1n1ccnc1-c1cccc2ncccc12. The molecule has 1 fully saturated rings. The van der Waals surface area contributed by atoms with E-state index in [2.05, 4.69) is 9.97 Å². The normalized spacial score (nSPS) is 22.9. The van der Waals surface area contributed by atoms with Crippen LogP contribution < -0.4 is 0 Å². The van der Waals surface area contributed by atoms with E-state index in [0.717, 1.165) is 22.3 Å². The van der Waals surface area contributed by atoms with Crippen molar-refractivity contribution in [3.8, 4) is 11.4 Å². The number of hydrogen-bond donors (Lipinski definition) is 0. The number of nitrogens with zero attached hydrogens (tertiary/aromatic N) is 3. The summed E-state index contributed by atoms with van der Waals surface area (Å²) in [6.45, 7) is 0. The van der Waals surface area contributed by atoms with Crippen molar-refractivity contribution < 1.29 is 13.2 Å². The standard InChI is InChI=1S/C17H17N3O3S/c1-23-16-11-24(21,22)10-15(16)20-9-8-19-17(20)13-4-2-6-14-12(13)5-3-7-18-14/h2-9,15-16H,10-11H2,1H3/t15-,16-/m1/s1. The summed E-state index contributed by atoms with van der Waals surface area (Å²) >= 11 is 0. The zero-order valence-corrected chi connectivity index (χ0v) is 14.0. The molecule has 0 amide bonds. The second kappa shape index (κ2) is 5.68. The molecule has 24 heavy (non-hydrogen) atoms. The van der Waals surface area contributed by atoms with Crippen LogP contribution in [0.1, 0.15) is 6.04 Å². The summed E-state index contributed by atoms with van der Waals surface area (Å²) in [6.07, 6.45) is 4.91. The van der Waals surface area contributed by atoms with Crippen molar-refractivity contribution in [2.24, 2.45) is 0 Å². The van der Waals surface area contributed by atoms with Crippen LogP contribution in [-0.2, 0) is 14.6 Å². The molecule has 3 aromatic rings. The van der Waals surface area contributed by atoms with E-state index in [1.165, 1.54) is 0 Å². The molecule has 7 heteroatoms. The lowest BCUT2D eigenvalue weighted by atomic mass is 10.1. The van der Waals surface area contributed by atoms with Crippen LogP contribution in [0.25, 0.3) is 22.3 Å². The van der Waals surface area contributed by atoms with Crippen molar-refractivity contribution >= 4 is 20.7 Å². The first-order valence-corrected chi connectivity index (χ1v) is 9.51. The second-order valence-electron chi connectivity index (χ2n) is 5.95. The van der Waals surface area contributed by atoms with Gasteiger partial charge < -0.3 is 9.30 Å². The van der Waals surface area contributed by atoms with E-state index in [1.807, 2.05) is 41.1 Å². The third-order valence-corrected chi connectivity index (χ3v) is 6.17. The molecule has 124 valence electrons. The van der Waals surface area contributed by atoms with Crippen LogP contribution in [0.2, 0.25) is 0 Å². The van der Waals surface area contributed by atoms with Crippen LogP contribution in [0.4, 0.5) is 0 Å². The Bertz CT molecular complexity index is 992. The molecule has 1 aliphatic heterocycles. The lowest BCUT2D eigenvalue weighted by molar-refractivity contribution is 0.0892. The zero-order valence-electron chi connectivity index (χ0n) is 13.2. The molecular weight excluding hydrogens is 326 g/mol. The maximum absolute atomic E-state index is 12.0. The average Bonchev–Trinajstić information content (AvgIpc) is 3.17. The highest BCUT2D eigenvalue weighted by Crippen LogP contribution is 2.33. The minimum absolute atomic E-state index is 0.0445. The van der Waals surface area contributed by atoms with Gasteiger partial charge in [0.15, 0.2) is 9.84 Å². The highest BCUT2D eigenvalue weighted by Gasteiger charge is 2.39. The summed E-state index contributed by atoms with van der Waals surface area (Å²) in [5.41, 5.74) is 1.82. The van der Waals surface area contributed by atoms with Crippen molar-refractivity contribution in [2.75, 3.05) is 18.6 Å². The number of benzene rings is 1. The Morgan fingerprint density at radius 2 is 2.00 bits per heavy atom. The fraction of sp³-hybridized carbons (Fsp3) is 0.294. The maximum Gasteiger partial charge on any atom is 0.155 e. The molecule has 1 aliphatic rings.